The molecule has 30 atom stereocenters. The van der Waals surface area contributed by atoms with Crippen LogP contribution in [-0.2, 0) is 9.53 Å². The van der Waals surface area contributed by atoms with Crippen molar-refractivity contribution < 1.29 is 40.2 Å². The molecule has 2 heterocycles. The maximum Gasteiger partial charge on any atom is 0.310 e. The highest BCUT2D eigenvalue weighted by atomic mass is 16.5. The predicted molar refractivity (Wildman–Crippen MR) is 393 cm³/mol. The molecule has 554 valence electrons. The van der Waals surface area contributed by atoms with Crippen molar-refractivity contribution in [2.45, 2.75) is 367 Å². The molecule has 13 aliphatic carbocycles. The Morgan fingerprint density at radius 2 is 1.06 bits per heavy atom. The molecule has 1 spiro atoms. The zero-order valence-electron chi connectivity index (χ0n) is 66.1. The van der Waals surface area contributed by atoms with Crippen LogP contribution < -0.4 is 5.32 Å². The fraction of sp³-hybridized carbons (Fsp3) is 0.966. The lowest BCUT2D eigenvalue weighted by atomic mass is 9.33. The summed E-state index contributed by atoms with van der Waals surface area (Å²) in [5.41, 5.74) is 2.61. The summed E-state index contributed by atoms with van der Waals surface area (Å²) >= 11 is 0. The number of aliphatic carboxylic acids is 1. The number of rotatable bonds is 5. The zero-order valence-corrected chi connectivity index (χ0v) is 66.1. The second kappa shape index (κ2) is 24.0. The summed E-state index contributed by atoms with van der Waals surface area (Å²) in [5.74, 6) is 7.76. The minimum Gasteiger partial charge on any atom is -0.481 e. The molecule has 14 unspecified atom stereocenters. The van der Waals surface area contributed by atoms with E-state index in [9.17, 15) is 35.4 Å². The molecule has 0 bridgehead atoms. The lowest BCUT2D eigenvalue weighted by Gasteiger charge is -2.71. The third kappa shape index (κ3) is 10.6. The molecule has 0 aromatic rings. The van der Waals surface area contributed by atoms with E-state index >= 15 is 0 Å². The van der Waals surface area contributed by atoms with Crippen LogP contribution in [0.3, 0.4) is 0 Å². The summed E-state index contributed by atoms with van der Waals surface area (Å²) < 4.78 is 7.09. The van der Waals surface area contributed by atoms with Gasteiger partial charge in [-0.15, -0.1) is 0 Å². The molecule has 7 N–H and O–H groups in total. The first-order valence-corrected chi connectivity index (χ1v) is 41.6. The van der Waals surface area contributed by atoms with Gasteiger partial charge in [-0.25, -0.2) is 0 Å². The second-order valence-corrected chi connectivity index (χ2v) is 44.3. The van der Waals surface area contributed by atoms with Crippen molar-refractivity contribution in [3.8, 4) is 0 Å². The van der Waals surface area contributed by atoms with Crippen LogP contribution in [0.25, 0.3) is 0 Å². The van der Waals surface area contributed by atoms with E-state index in [0.717, 1.165) is 127 Å². The van der Waals surface area contributed by atoms with Gasteiger partial charge in [-0.05, 0) is 335 Å². The number of hydrogen-bond donors (Lipinski definition) is 7. The van der Waals surface area contributed by atoms with Gasteiger partial charge in [0.15, 0.2) is 0 Å². The van der Waals surface area contributed by atoms with E-state index in [1.807, 2.05) is 6.92 Å². The quantitative estimate of drug-likeness (QED) is 0.133. The molecule has 0 radical (unpaired) electrons. The normalized spacial score (nSPS) is 55.2. The number of fused-ring (bicyclic) bond motifs is 19. The zero-order chi connectivity index (χ0) is 70.8. The van der Waals surface area contributed by atoms with Crippen LogP contribution in [0.4, 0.5) is 0 Å². The largest absolute Gasteiger partial charge is 0.481 e. The smallest absolute Gasteiger partial charge is 0.310 e. The number of ether oxygens (including phenoxy) is 1. The average Bonchev–Trinajstić information content (AvgIpc) is 1.34. The van der Waals surface area contributed by atoms with Gasteiger partial charge in [0.1, 0.15) is 5.72 Å². The van der Waals surface area contributed by atoms with E-state index in [1.165, 1.54) is 82.6 Å². The van der Waals surface area contributed by atoms with Crippen LogP contribution in [-0.4, -0.2) is 85.0 Å². The first kappa shape index (κ1) is 74.2. The van der Waals surface area contributed by atoms with Crippen molar-refractivity contribution in [2.24, 2.45) is 159 Å². The molecule has 12 saturated carbocycles. The molecule has 9 nitrogen and oxygen atoms in total. The van der Waals surface area contributed by atoms with Gasteiger partial charge in [-0.2, -0.15) is 0 Å². The summed E-state index contributed by atoms with van der Waals surface area (Å²) in [4.78, 5) is 12.8. The molecule has 2 aliphatic heterocycles. The monoisotopic (exact) mass is 1350 g/mol. The topological polar surface area (TPSA) is 160 Å². The van der Waals surface area contributed by atoms with Crippen LogP contribution in [0, 0.1) is 159 Å². The average molecular weight is 1350 g/mol. The lowest BCUT2D eigenvalue weighted by Crippen LogP contribution is -2.65. The van der Waals surface area contributed by atoms with Crippen LogP contribution in [0.1, 0.15) is 325 Å². The molecule has 97 heavy (non-hydrogen) atoms. The van der Waals surface area contributed by atoms with Crippen LogP contribution in [0.5, 0.6) is 0 Å². The Hall–Kier alpha value is -1.07. The van der Waals surface area contributed by atoms with Crippen LogP contribution in [0.2, 0.25) is 0 Å². The molecular weight excluding hydrogens is 1200 g/mol. The summed E-state index contributed by atoms with van der Waals surface area (Å²) in [6.45, 7) is 51.8. The molecule has 0 aromatic carbocycles. The maximum absolute atomic E-state index is 12.8. The molecule has 0 aromatic heterocycles. The minimum atomic E-state index is -0.675. The Morgan fingerprint density at radius 1 is 0.567 bits per heavy atom. The third-order valence-electron chi connectivity index (χ3n) is 38.3. The number of piperidine rings is 1. The molecule has 15 rings (SSSR count). The molecular formula is C88H149NO8. The second-order valence-electron chi connectivity index (χ2n) is 44.3. The van der Waals surface area contributed by atoms with Gasteiger partial charge in [0, 0.05) is 12.5 Å². The van der Waals surface area contributed by atoms with Gasteiger partial charge >= 0.3 is 5.97 Å². The van der Waals surface area contributed by atoms with Crippen molar-refractivity contribution in [3.05, 3.63) is 11.6 Å². The first-order valence-electron chi connectivity index (χ1n) is 41.6. The van der Waals surface area contributed by atoms with Gasteiger partial charge in [0.2, 0.25) is 0 Å². The Kier molecular flexibility index (Phi) is 18.3. The van der Waals surface area contributed by atoms with Crippen LogP contribution >= 0.6 is 0 Å². The summed E-state index contributed by atoms with van der Waals surface area (Å²) in [6, 6.07) is 0. The Balaban J connectivity index is 0.000000131. The summed E-state index contributed by atoms with van der Waals surface area (Å²) in [7, 11) is 0. The number of aliphatic hydroxyl groups is 5. The highest BCUT2D eigenvalue weighted by Crippen LogP contribution is 2.79. The first-order chi connectivity index (χ1) is 44.8. The van der Waals surface area contributed by atoms with Crippen molar-refractivity contribution in [2.75, 3.05) is 6.54 Å². The SMILES string of the molecule is CC(C)CC[C@](C)(O)C1CCC2C1[C@H](O)CC1[C@@]2(C)CCC2C(C)(C)[C@@H](O)CC[C@@]21C.CC1(C)CC[C@]2(C(=O)O)CC[C@]3(C)C(=CCC4[C@@]5(C)CC[C@H](O)C(C)(C)C5CC[C@]43C)C2C1.CC1CC[C@]2(NC1)OC1CC3[C@]4(C)CCC5C(C)(C)[C@@H](O)CC[C@]5(C)C4CC[C@]3(C)C1[C@@H]2C. The number of carboxylic acids is 1. The lowest BCUT2D eigenvalue weighted by molar-refractivity contribution is -0.220. The standard InChI is InChI=1S/C30H51NO2.C30H48O3.C28H50O3/c1-18-8-15-30(31-17-18)19(2)25-20(33-30)16-23-28(6)12-9-21-26(3,4)24(32)11-14-27(21,5)22(28)10-13-29(23,25)7;1-25(2)14-16-30(24(32)33)17-15-28(6)19(20(30)18-25)8-9-22-27(5)12-11-23(31)26(3,4)21(27)10-13-29(22,28)7;1-17(2)10-15-28(7,31)19-9-8-18-24(19)20(29)16-22-26(18,5)13-11-21-25(3,4)23(30)12-14-27(21,22)6/h18-25,31-32H,8-17H2,1-7H3;8,20-23,31H,9-18H2,1-7H3,(H,32,33);17-24,29-31H,8-16H2,1-7H3/t18?,19-,20?,21?,22?,23?,24-,25?,27-,28+,29-,30-;20?,21?,22?,23-,27-,28+,29+,30-;18?,19?,20-,21?,22?,23+,24?,26+,27+,28+/m001/s1. The molecule has 2 saturated heterocycles. The number of carbonyl (C=O) groups is 1. The Labute approximate surface area is 592 Å². The fourth-order valence-electron chi connectivity index (χ4n) is 32.3. The van der Waals surface area contributed by atoms with E-state index in [-0.39, 0.29) is 96.6 Å². The van der Waals surface area contributed by atoms with E-state index in [0.29, 0.717) is 75.6 Å². The molecule has 14 fully saturated rings. The van der Waals surface area contributed by atoms with Crippen molar-refractivity contribution >= 4 is 5.97 Å². The van der Waals surface area contributed by atoms with Crippen molar-refractivity contribution in [1.82, 2.24) is 5.32 Å². The number of carboxylic acid groups (broad SMARTS) is 1. The van der Waals surface area contributed by atoms with Gasteiger partial charge < -0.3 is 35.4 Å². The number of allylic oxidation sites excluding steroid dienone is 2. The minimum absolute atomic E-state index is 0.0301. The third-order valence-corrected chi connectivity index (χ3v) is 38.3. The number of aliphatic hydroxyl groups excluding tert-OH is 4. The van der Waals surface area contributed by atoms with E-state index in [4.69, 9.17) is 4.74 Å². The van der Waals surface area contributed by atoms with E-state index in [1.54, 1.807) is 0 Å². The van der Waals surface area contributed by atoms with Crippen LogP contribution in [0.15, 0.2) is 11.6 Å². The van der Waals surface area contributed by atoms with Gasteiger partial charge in [-0.1, -0.05) is 150 Å². The van der Waals surface area contributed by atoms with Crippen molar-refractivity contribution in [1.29, 1.82) is 0 Å². The number of hydrogen-bond acceptors (Lipinski definition) is 8. The molecule has 0 amide bonds. The van der Waals surface area contributed by atoms with E-state index in [2.05, 4.69) is 150 Å². The van der Waals surface area contributed by atoms with Gasteiger partial charge in [-0.3, -0.25) is 10.1 Å². The molecule has 15 aliphatic rings. The highest BCUT2D eigenvalue weighted by molar-refractivity contribution is 5.76. The van der Waals surface area contributed by atoms with Crippen molar-refractivity contribution in [3.63, 3.8) is 0 Å². The highest BCUT2D eigenvalue weighted by Gasteiger charge is 2.75. The molecule has 9 heteroatoms. The predicted octanol–water partition coefficient (Wildman–Crippen LogP) is 19.4. The number of nitrogens with one attached hydrogen (secondary N) is 1. The van der Waals surface area contributed by atoms with E-state index < -0.39 is 17.0 Å². The summed E-state index contributed by atoms with van der Waals surface area (Å²) in [6.07, 6.45) is 33.2. The summed E-state index contributed by atoms with van der Waals surface area (Å²) in [5, 5.41) is 70.0. The fourth-order valence-corrected chi connectivity index (χ4v) is 32.3. The Morgan fingerprint density at radius 3 is 1.62 bits per heavy atom. The maximum atomic E-state index is 12.8. The van der Waals surface area contributed by atoms with Gasteiger partial charge in [0.05, 0.1) is 41.5 Å². The van der Waals surface area contributed by atoms with Gasteiger partial charge in [0.25, 0.3) is 0 Å². The Bertz CT molecular complexity index is 2970.